The topological polar surface area (TPSA) is 104 Å². The van der Waals surface area contributed by atoms with Gasteiger partial charge in [0.2, 0.25) is 5.91 Å². The number of carbonyl (C=O) groups is 2. The summed E-state index contributed by atoms with van der Waals surface area (Å²) in [5.41, 5.74) is -0.140. The first-order chi connectivity index (χ1) is 16.7. The van der Waals surface area contributed by atoms with E-state index in [9.17, 15) is 28.4 Å². The van der Waals surface area contributed by atoms with Gasteiger partial charge in [0.05, 0.1) is 10.2 Å². The van der Waals surface area contributed by atoms with E-state index in [0.29, 0.717) is 30.3 Å². The minimum absolute atomic E-state index is 0.0712. The number of halogens is 2. The van der Waals surface area contributed by atoms with E-state index in [1.54, 1.807) is 24.3 Å². The third-order valence-corrected chi connectivity index (χ3v) is 5.96. The van der Waals surface area contributed by atoms with Crippen LogP contribution in [0.25, 0.3) is 17.3 Å². The summed E-state index contributed by atoms with van der Waals surface area (Å²) < 4.78 is 29.2. The molecule has 0 aliphatic heterocycles. The zero-order chi connectivity index (χ0) is 25.5. The van der Waals surface area contributed by atoms with Gasteiger partial charge in [-0.25, -0.2) is 8.78 Å². The van der Waals surface area contributed by atoms with E-state index in [1.807, 2.05) is 13.0 Å². The zero-order valence-electron chi connectivity index (χ0n) is 19.0. The number of thiazole rings is 1. The highest BCUT2D eigenvalue weighted by Gasteiger charge is 2.19. The molecule has 3 rings (SSSR count). The largest absolute Gasteiger partial charge is 0.351 e. The van der Waals surface area contributed by atoms with Crippen molar-refractivity contribution >= 4 is 40.5 Å². The fourth-order valence-corrected chi connectivity index (χ4v) is 4.31. The maximum Gasteiger partial charge on any atom is 0.273 e. The summed E-state index contributed by atoms with van der Waals surface area (Å²) in [5, 5.41) is 15.0. The lowest BCUT2D eigenvalue weighted by atomic mass is 10.2. The van der Waals surface area contributed by atoms with Gasteiger partial charge in [0.15, 0.2) is 5.57 Å². The van der Waals surface area contributed by atoms with Crippen LogP contribution in [0.15, 0.2) is 47.3 Å². The summed E-state index contributed by atoms with van der Waals surface area (Å²) in [7, 11) is 0. The molecular weight excluding hydrogens is 474 g/mol. The second kappa shape index (κ2) is 11.4. The summed E-state index contributed by atoms with van der Waals surface area (Å²) in [6.07, 6.45) is 3.05. The van der Waals surface area contributed by atoms with Crippen LogP contribution in [0.2, 0.25) is 0 Å². The summed E-state index contributed by atoms with van der Waals surface area (Å²) >= 11 is 0.848. The predicted molar refractivity (Wildman–Crippen MR) is 130 cm³/mol. The molecule has 0 unspecified atom stereocenters. The van der Waals surface area contributed by atoms with E-state index in [-0.39, 0.29) is 26.4 Å². The summed E-state index contributed by atoms with van der Waals surface area (Å²) in [6.45, 7) is 3.66. The standard InChI is InChI=1S/C25H22F2N4O3S/c1-3-4-11-29-23(33)19(14-28)25-31(21-10-7-17(26)13-20(21)27)24(34)22(35-25)12-16-5-8-18(9-6-16)30-15(2)32/h5-10,12-13H,3-4,11H2,1-2H3,(H,29,33)(H,30,32)/b22-12-,25-19-. The van der Waals surface area contributed by atoms with Crippen LogP contribution in [0.3, 0.4) is 0 Å². The normalized spacial score (nSPS) is 12.1. The van der Waals surface area contributed by atoms with Gasteiger partial charge < -0.3 is 10.6 Å². The number of nitrogens with one attached hydrogen (secondary N) is 2. The lowest BCUT2D eigenvalue weighted by molar-refractivity contribution is -0.116. The van der Waals surface area contributed by atoms with Gasteiger partial charge in [0.25, 0.3) is 11.5 Å². The van der Waals surface area contributed by atoms with Gasteiger partial charge in [-0.15, -0.1) is 11.3 Å². The number of benzene rings is 2. The van der Waals surface area contributed by atoms with E-state index in [4.69, 9.17) is 0 Å². The lowest BCUT2D eigenvalue weighted by Gasteiger charge is -2.06. The first kappa shape index (κ1) is 25.5. The maximum atomic E-state index is 14.7. The maximum absolute atomic E-state index is 14.7. The van der Waals surface area contributed by atoms with Crippen LogP contribution in [0.1, 0.15) is 32.3 Å². The highest BCUT2D eigenvalue weighted by atomic mass is 32.1. The number of unbranched alkanes of at least 4 members (excludes halogenated alkanes) is 1. The second-order valence-corrected chi connectivity index (χ2v) is 8.58. The van der Waals surface area contributed by atoms with Gasteiger partial charge in [-0.05, 0) is 42.3 Å². The Labute approximate surface area is 203 Å². The third-order valence-electron chi connectivity index (χ3n) is 4.87. The number of anilines is 1. The molecule has 0 bridgehead atoms. The minimum atomic E-state index is -1.01. The van der Waals surface area contributed by atoms with Crippen molar-refractivity contribution in [1.29, 1.82) is 5.26 Å². The van der Waals surface area contributed by atoms with Crippen LogP contribution in [-0.2, 0) is 9.59 Å². The Morgan fingerprint density at radius 2 is 1.89 bits per heavy atom. The molecule has 0 fully saturated rings. The Hall–Kier alpha value is -4.10. The Kier molecular flexibility index (Phi) is 8.28. The summed E-state index contributed by atoms with van der Waals surface area (Å²) in [4.78, 5) is 37.2. The van der Waals surface area contributed by atoms with Crippen molar-refractivity contribution in [2.75, 3.05) is 11.9 Å². The molecule has 2 amide bonds. The number of nitrogens with zero attached hydrogens (tertiary/aromatic N) is 2. The van der Waals surface area contributed by atoms with Crippen LogP contribution >= 0.6 is 11.3 Å². The Balaban J connectivity index is 2.25. The van der Waals surface area contributed by atoms with Crippen LogP contribution in [0.4, 0.5) is 14.5 Å². The molecule has 3 aromatic rings. The molecule has 0 spiro atoms. The molecule has 180 valence electrons. The van der Waals surface area contributed by atoms with E-state index in [1.165, 1.54) is 13.0 Å². The van der Waals surface area contributed by atoms with Crippen molar-refractivity contribution in [3.05, 3.63) is 79.2 Å². The molecule has 35 heavy (non-hydrogen) atoms. The third kappa shape index (κ3) is 6.07. The molecule has 1 heterocycles. The van der Waals surface area contributed by atoms with E-state index >= 15 is 0 Å². The van der Waals surface area contributed by atoms with Gasteiger partial charge in [-0.1, -0.05) is 25.5 Å². The monoisotopic (exact) mass is 496 g/mol. The van der Waals surface area contributed by atoms with Gasteiger partial charge in [0.1, 0.15) is 22.4 Å². The van der Waals surface area contributed by atoms with Crippen molar-refractivity contribution in [3.63, 3.8) is 0 Å². The number of hydrogen-bond donors (Lipinski definition) is 2. The van der Waals surface area contributed by atoms with Crippen LogP contribution in [0, 0.1) is 23.0 Å². The number of amides is 2. The number of aromatic nitrogens is 1. The van der Waals surface area contributed by atoms with Crippen molar-refractivity contribution in [3.8, 4) is 11.8 Å². The molecular formula is C25H22F2N4O3S. The van der Waals surface area contributed by atoms with Crippen molar-refractivity contribution < 1.29 is 18.4 Å². The van der Waals surface area contributed by atoms with E-state index in [2.05, 4.69) is 10.6 Å². The number of rotatable bonds is 7. The zero-order valence-corrected chi connectivity index (χ0v) is 19.8. The minimum Gasteiger partial charge on any atom is -0.351 e. The quantitative estimate of drug-likeness (QED) is 0.491. The molecule has 1 aromatic heterocycles. The summed E-state index contributed by atoms with van der Waals surface area (Å²) in [5.74, 6) is -2.76. The van der Waals surface area contributed by atoms with Gasteiger partial charge in [0, 0.05) is 25.2 Å². The molecule has 2 N–H and O–H groups in total. The van der Waals surface area contributed by atoms with Gasteiger partial charge in [-0.3, -0.25) is 19.0 Å². The molecule has 0 saturated carbocycles. The average molecular weight is 497 g/mol. The number of carbonyl (C=O) groups excluding carboxylic acids is 2. The molecule has 0 radical (unpaired) electrons. The highest BCUT2D eigenvalue weighted by molar-refractivity contribution is 7.07. The molecule has 0 aliphatic rings. The first-order valence-electron chi connectivity index (χ1n) is 10.7. The molecule has 0 aliphatic carbocycles. The van der Waals surface area contributed by atoms with Crippen LogP contribution in [0.5, 0.6) is 0 Å². The van der Waals surface area contributed by atoms with Crippen molar-refractivity contribution in [1.82, 2.24) is 9.88 Å². The second-order valence-electron chi connectivity index (χ2n) is 7.55. The SMILES string of the molecule is CCCCNC(=O)/C(C#N)=c1\s/c(=C\c2ccc(NC(C)=O)cc2)c(=O)n1-c1ccc(F)cc1F. The molecule has 2 aromatic carbocycles. The van der Waals surface area contributed by atoms with Gasteiger partial charge >= 0.3 is 0 Å². The number of nitriles is 1. The molecule has 10 heteroatoms. The van der Waals surface area contributed by atoms with Crippen molar-refractivity contribution in [2.24, 2.45) is 0 Å². The van der Waals surface area contributed by atoms with Gasteiger partial charge in [-0.2, -0.15) is 5.26 Å². The smallest absolute Gasteiger partial charge is 0.273 e. The fraction of sp³-hybridized carbons (Fsp3) is 0.200. The van der Waals surface area contributed by atoms with E-state index < -0.39 is 23.1 Å². The molecule has 0 atom stereocenters. The van der Waals surface area contributed by atoms with Crippen LogP contribution in [-0.4, -0.2) is 22.9 Å². The predicted octanol–water partition coefficient (Wildman–Crippen LogP) is 2.55. The van der Waals surface area contributed by atoms with Crippen molar-refractivity contribution in [2.45, 2.75) is 26.7 Å². The first-order valence-corrected chi connectivity index (χ1v) is 11.6. The molecule has 0 saturated heterocycles. The average Bonchev–Trinajstić information content (AvgIpc) is 3.11. The van der Waals surface area contributed by atoms with Crippen LogP contribution < -0.4 is 25.4 Å². The Morgan fingerprint density at radius 3 is 2.49 bits per heavy atom. The number of hydrogen-bond acceptors (Lipinski definition) is 5. The fourth-order valence-electron chi connectivity index (χ4n) is 3.21. The summed E-state index contributed by atoms with van der Waals surface area (Å²) in [6, 6.07) is 11.1. The lowest BCUT2D eigenvalue weighted by Crippen LogP contribution is -2.34. The Morgan fingerprint density at radius 1 is 1.17 bits per heavy atom. The highest BCUT2D eigenvalue weighted by Crippen LogP contribution is 2.13. The molecule has 7 nitrogen and oxygen atoms in total. The Bertz CT molecular complexity index is 1480. The van der Waals surface area contributed by atoms with E-state index in [0.717, 1.165) is 34.5 Å².